The topological polar surface area (TPSA) is 38.3 Å². The molecule has 68 valence electrons. The summed E-state index contributed by atoms with van der Waals surface area (Å²) in [5, 5.41) is 2.48. The Labute approximate surface area is 78.4 Å². The molecule has 13 heavy (non-hydrogen) atoms. The zero-order valence-electron chi connectivity index (χ0n) is 6.43. The predicted octanol–water partition coefficient (Wildman–Crippen LogP) is 1.81. The number of fused-ring (bicyclic) bond motifs is 1. The molecule has 0 radical (unpaired) electrons. The smallest absolute Gasteiger partial charge is 0.262 e. The molecule has 0 unspecified atom stereocenters. The van der Waals surface area contributed by atoms with Crippen molar-refractivity contribution in [3.63, 3.8) is 0 Å². The Kier molecular flexibility index (Phi) is 1.84. The van der Waals surface area contributed by atoms with Crippen LogP contribution in [-0.4, -0.2) is 12.5 Å². The third-order valence-electron chi connectivity index (χ3n) is 1.66. The fraction of sp³-hybridized carbons (Fsp3) is 0.125. The van der Waals surface area contributed by atoms with Gasteiger partial charge in [0.25, 0.3) is 5.91 Å². The predicted molar refractivity (Wildman–Crippen MR) is 45.5 cm³/mol. The Bertz CT molecular complexity index is 381. The van der Waals surface area contributed by atoms with Crippen LogP contribution in [0.1, 0.15) is 0 Å². The number of anilines is 1. The Balaban J connectivity index is 2.49. The van der Waals surface area contributed by atoms with Crippen LogP contribution in [0.3, 0.4) is 0 Å². The van der Waals surface area contributed by atoms with E-state index in [2.05, 4.69) is 5.32 Å². The lowest BCUT2D eigenvalue weighted by molar-refractivity contribution is -0.118. The van der Waals surface area contributed by atoms with Crippen LogP contribution in [0.25, 0.3) is 0 Å². The van der Waals surface area contributed by atoms with Crippen molar-refractivity contribution in [2.45, 2.75) is 0 Å². The molecule has 1 heterocycles. The van der Waals surface area contributed by atoms with Gasteiger partial charge in [0.2, 0.25) is 0 Å². The molecule has 3 nitrogen and oxygen atoms in total. The van der Waals surface area contributed by atoms with Gasteiger partial charge in [-0.15, -0.1) is 0 Å². The number of carbonyl (C=O) groups excluding carboxylic acids is 1. The van der Waals surface area contributed by atoms with Gasteiger partial charge >= 0.3 is 0 Å². The van der Waals surface area contributed by atoms with E-state index in [9.17, 15) is 9.18 Å². The van der Waals surface area contributed by atoms with Crippen molar-refractivity contribution in [2.24, 2.45) is 0 Å². The number of hydrogen-bond donors (Lipinski definition) is 1. The third-order valence-corrected chi connectivity index (χ3v) is 1.94. The second kappa shape index (κ2) is 2.88. The fourth-order valence-electron chi connectivity index (χ4n) is 1.08. The van der Waals surface area contributed by atoms with Crippen molar-refractivity contribution in [1.29, 1.82) is 0 Å². The summed E-state index contributed by atoms with van der Waals surface area (Å²) in [7, 11) is 0. The van der Waals surface area contributed by atoms with Gasteiger partial charge in [-0.1, -0.05) is 11.6 Å². The largest absolute Gasteiger partial charge is 0.481 e. The Morgan fingerprint density at radius 2 is 2.31 bits per heavy atom. The van der Waals surface area contributed by atoms with Gasteiger partial charge in [-0.3, -0.25) is 4.79 Å². The van der Waals surface area contributed by atoms with Crippen LogP contribution in [0.2, 0.25) is 5.02 Å². The first-order valence-corrected chi connectivity index (χ1v) is 3.96. The van der Waals surface area contributed by atoms with Gasteiger partial charge < -0.3 is 10.1 Å². The summed E-state index contributed by atoms with van der Waals surface area (Å²) >= 11 is 5.51. The highest BCUT2D eigenvalue weighted by Crippen LogP contribution is 2.32. The lowest BCUT2D eigenvalue weighted by Gasteiger charge is -2.17. The molecule has 5 heteroatoms. The zero-order valence-corrected chi connectivity index (χ0v) is 7.19. The number of nitrogens with one attached hydrogen (secondary N) is 1. The van der Waals surface area contributed by atoms with Crippen LogP contribution >= 0.6 is 11.6 Å². The van der Waals surface area contributed by atoms with E-state index < -0.39 is 5.82 Å². The maximum Gasteiger partial charge on any atom is 0.262 e. The molecule has 0 bridgehead atoms. The average Bonchev–Trinajstić information content (AvgIpc) is 2.08. The van der Waals surface area contributed by atoms with E-state index in [4.69, 9.17) is 16.3 Å². The van der Waals surface area contributed by atoms with Crippen LogP contribution in [0.4, 0.5) is 10.1 Å². The monoisotopic (exact) mass is 201 g/mol. The first-order valence-electron chi connectivity index (χ1n) is 3.58. The van der Waals surface area contributed by atoms with Gasteiger partial charge in [-0.25, -0.2) is 4.39 Å². The van der Waals surface area contributed by atoms with Gasteiger partial charge in [0.05, 0.1) is 10.7 Å². The molecule has 2 rings (SSSR count). The quantitative estimate of drug-likeness (QED) is 0.695. The van der Waals surface area contributed by atoms with Crippen molar-refractivity contribution in [1.82, 2.24) is 0 Å². The number of halogens is 2. The molecule has 1 aromatic rings. The molecule has 0 saturated heterocycles. The molecule has 0 aliphatic carbocycles. The van der Waals surface area contributed by atoms with E-state index in [0.717, 1.165) is 6.07 Å². The number of benzene rings is 1. The minimum atomic E-state index is -0.559. The summed E-state index contributed by atoms with van der Waals surface area (Å²) < 4.78 is 17.8. The maximum atomic E-state index is 12.9. The molecule has 1 amide bonds. The second-order valence-corrected chi connectivity index (χ2v) is 3.01. The van der Waals surface area contributed by atoms with Gasteiger partial charge in [0, 0.05) is 6.07 Å². The van der Waals surface area contributed by atoms with Crippen molar-refractivity contribution in [2.75, 3.05) is 11.9 Å². The molecule has 1 N–H and O–H groups in total. The average molecular weight is 202 g/mol. The van der Waals surface area contributed by atoms with Crippen LogP contribution < -0.4 is 10.1 Å². The standard InChI is InChI=1S/C8H5ClFNO2/c9-4-1-6-7(2-5(4)10)13-3-8(12)11-6/h1-2H,3H2,(H,11,12). The van der Waals surface area contributed by atoms with E-state index in [-0.39, 0.29) is 17.5 Å². The summed E-state index contributed by atoms with van der Waals surface area (Å²) in [6, 6.07) is 2.47. The highest BCUT2D eigenvalue weighted by Gasteiger charge is 2.17. The van der Waals surface area contributed by atoms with Crippen LogP contribution in [-0.2, 0) is 4.79 Å². The lowest BCUT2D eigenvalue weighted by Crippen LogP contribution is -2.25. The number of amides is 1. The van der Waals surface area contributed by atoms with Crippen molar-refractivity contribution >= 4 is 23.2 Å². The number of hydrogen-bond acceptors (Lipinski definition) is 2. The lowest BCUT2D eigenvalue weighted by atomic mass is 10.2. The molecule has 0 fully saturated rings. The molecule has 0 spiro atoms. The van der Waals surface area contributed by atoms with Crippen molar-refractivity contribution in [3.05, 3.63) is 23.0 Å². The van der Waals surface area contributed by atoms with E-state index in [1.54, 1.807) is 0 Å². The van der Waals surface area contributed by atoms with E-state index in [1.165, 1.54) is 6.07 Å². The van der Waals surface area contributed by atoms with E-state index >= 15 is 0 Å². The second-order valence-electron chi connectivity index (χ2n) is 2.60. The normalized spacial score (nSPS) is 14.5. The fourth-order valence-corrected chi connectivity index (χ4v) is 1.24. The number of carbonyl (C=O) groups is 1. The molecule has 0 saturated carbocycles. The Hall–Kier alpha value is -1.29. The molecular weight excluding hydrogens is 197 g/mol. The summed E-state index contributed by atoms with van der Waals surface area (Å²) in [5.41, 5.74) is 0.405. The Morgan fingerprint density at radius 3 is 3.08 bits per heavy atom. The maximum absolute atomic E-state index is 12.9. The minimum absolute atomic E-state index is 0.0375. The SMILES string of the molecule is O=C1COc2cc(F)c(Cl)cc2N1. The summed E-state index contributed by atoms with van der Waals surface area (Å²) in [5.74, 6) is -0.520. The summed E-state index contributed by atoms with van der Waals surface area (Å²) in [6.07, 6.45) is 0. The molecule has 1 aliphatic heterocycles. The molecule has 1 aromatic carbocycles. The first-order chi connectivity index (χ1) is 6.16. The van der Waals surface area contributed by atoms with Gasteiger partial charge in [0.1, 0.15) is 11.6 Å². The first kappa shape index (κ1) is 8.31. The van der Waals surface area contributed by atoms with E-state index in [0.29, 0.717) is 11.4 Å². The van der Waals surface area contributed by atoms with E-state index in [1.807, 2.05) is 0 Å². The van der Waals surface area contributed by atoms with Gasteiger partial charge in [0.15, 0.2) is 6.61 Å². The highest BCUT2D eigenvalue weighted by molar-refractivity contribution is 6.31. The van der Waals surface area contributed by atoms with Gasteiger partial charge in [-0.2, -0.15) is 0 Å². The number of ether oxygens (including phenoxy) is 1. The number of rotatable bonds is 0. The summed E-state index contributed by atoms with van der Waals surface area (Å²) in [6.45, 7) is -0.0892. The zero-order chi connectivity index (χ0) is 9.42. The molecule has 0 aromatic heterocycles. The van der Waals surface area contributed by atoms with Crippen molar-refractivity contribution < 1.29 is 13.9 Å². The highest BCUT2D eigenvalue weighted by atomic mass is 35.5. The molecule has 1 aliphatic rings. The van der Waals surface area contributed by atoms with Crippen LogP contribution in [0.5, 0.6) is 5.75 Å². The summed E-state index contributed by atoms with van der Waals surface area (Å²) in [4.78, 5) is 10.8. The van der Waals surface area contributed by atoms with Crippen LogP contribution in [0, 0.1) is 5.82 Å². The van der Waals surface area contributed by atoms with Gasteiger partial charge in [-0.05, 0) is 6.07 Å². The Morgan fingerprint density at radius 1 is 1.54 bits per heavy atom. The molecule has 0 atom stereocenters. The molecular formula is C8H5ClFNO2. The van der Waals surface area contributed by atoms with Crippen molar-refractivity contribution in [3.8, 4) is 5.75 Å². The minimum Gasteiger partial charge on any atom is -0.481 e. The third kappa shape index (κ3) is 1.45. The van der Waals surface area contributed by atoms with Crippen LogP contribution in [0.15, 0.2) is 12.1 Å².